The minimum atomic E-state index is -4.67. The van der Waals surface area contributed by atoms with Gasteiger partial charge < -0.3 is 15.0 Å². The maximum Gasteiger partial charge on any atom is 0.416 e. The van der Waals surface area contributed by atoms with E-state index in [0.29, 0.717) is 30.5 Å². The number of aromatic nitrogens is 2. The van der Waals surface area contributed by atoms with Gasteiger partial charge in [0.1, 0.15) is 17.7 Å². The highest BCUT2D eigenvalue weighted by Crippen LogP contribution is 2.33. The van der Waals surface area contributed by atoms with Gasteiger partial charge in [0.05, 0.1) is 36.2 Å². The molecule has 0 bridgehead atoms. The summed E-state index contributed by atoms with van der Waals surface area (Å²) in [5, 5.41) is 2.71. The minimum Gasteiger partial charge on any atom is -0.487 e. The Morgan fingerprint density at radius 3 is 2.61 bits per heavy atom. The SMILES string of the molecule is O=C(Nc1cccnc1)c1ncccc1N1CC(Oc2cc(F)cc(C(F)(F)F)c2)C1. The summed E-state index contributed by atoms with van der Waals surface area (Å²) >= 11 is 0. The standard InChI is InChI=1S/C21H16F4N4O2/c22-14-7-13(21(23,24)25)8-16(9-14)31-17-11-29(12-17)18-4-2-6-27-19(18)20(30)28-15-3-1-5-26-10-15/h1-10,17H,11-12H2,(H,28,30). The van der Waals surface area contributed by atoms with E-state index in [-0.39, 0.29) is 11.4 Å². The number of halogens is 4. The molecule has 1 aliphatic rings. The van der Waals surface area contributed by atoms with Crippen molar-refractivity contribution < 1.29 is 27.1 Å². The number of ether oxygens (including phenoxy) is 1. The first-order chi connectivity index (χ1) is 14.8. The molecule has 1 saturated heterocycles. The van der Waals surface area contributed by atoms with Crippen molar-refractivity contribution in [2.24, 2.45) is 0 Å². The number of nitrogens with one attached hydrogen (secondary N) is 1. The summed E-state index contributed by atoms with van der Waals surface area (Å²) in [6.45, 7) is 0.605. The summed E-state index contributed by atoms with van der Waals surface area (Å²) in [5.74, 6) is -1.65. The summed E-state index contributed by atoms with van der Waals surface area (Å²) in [7, 11) is 0. The maximum atomic E-state index is 13.5. The van der Waals surface area contributed by atoms with Gasteiger partial charge in [0, 0.05) is 18.5 Å². The molecule has 0 radical (unpaired) electrons. The quantitative estimate of drug-likeness (QED) is 0.614. The fourth-order valence-corrected chi connectivity index (χ4v) is 3.15. The number of carbonyl (C=O) groups excluding carboxylic acids is 1. The molecule has 6 nitrogen and oxygen atoms in total. The topological polar surface area (TPSA) is 67.4 Å². The van der Waals surface area contributed by atoms with E-state index in [9.17, 15) is 22.4 Å². The van der Waals surface area contributed by atoms with Gasteiger partial charge in [-0.15, -0.1) is 0 Å². The highest BCUT2D eigenvalue weighted by Gasteiger charge is 2.34. The van der Waals surface area contributed by atoms with E-state index < -0.39 is 29.6 Å². The Hall–Kier alpha value is -3.69. The molecule has 2 aromatic heterocycles. The zero-order valence-corrected chi connectivity index (χ0v) is 15.9. The van der Waals surface area contributed by atoms with Crippen LogP contribution in [0, 0.1) is 5.82 Å². The molecule has 1 fully saturated rings. The van der Waals surface area contributed by atoms with Gasteiger partial charge in [-0.1, -0.05) is 0 Å². The van der Waals surface area contributed by atoms with Crippen LogP contribution in [-0.4, -0.2) is 35.1 Å². The van der Waals surface area contributed by atoms with Crippen molar-refractivity contribution in [2.75, 3.05) is 23.3 Å². The largest absolute Gasteiger partial charge is 0.487 e. The summed E-state index contributed by atoms with van der Waals surface area (Å²) in [4.78, 5) is 22.5. The molecule has 3 aromatic rings. The van der Waals surface area contributed by atoms with Crippen LogP contribution in [0.25, 0.3) is 0 Å². The van der Waals surface area contributed by atoms with Gasteiger partial charge in [0.15, 0.2) is 5.69 Å². The number of anilines is 2. The minimum absolute atomic E-state index is 0.190. The van der Waals surface area contributed by atoms with Crippen LogP contribution in [0.5, 0.6) is 5.75 Å². The van der Waals surface area contributed by atoms with Gasteiger partial charge in [0.25, 0.3) is 5.91 Å². The highest BCUT2D eigenvalue weighted by molar-refractivity contribution is 6.06. The van der Waals surface area contributed by atoms with E-state index in [1.165, 1.54) is 12.4 Å². The number of pyridine rings is 2. The Morgan fingerprint density at radius 1 is 1.13 bits per heavy atom. The molecule has 1 aliphatic heterocycles. The number of alkyl halides is 3. The predicted molar refractivity (Wildman–Crippen MR) is 104 cm³/mol. The molecule has 1 N–H and O–H groups in total. The van der Waals surface area contributed by atoms with Crippen LogP contribution >= 0.6 is 0 Å². The first-order valence-corrected chi connectivity index (χ1v) is 9.25. The van der Waals surface area contributed by atoms with Crippen LogP contribution in [0.4, 0.5) is 28.9 Å². The molecule has 0 aliphatic carbocycles. The van der Waals surface area contributed by atoms with Crippen molar-refractivity contribution in [1.82, 2.24) is 9.97 Å². The van der Waals surface area contributed by atoms with Gasteiger partial charge in [-0.2, -0.15) is 13.2 Å². The molecule has 1 aromatic carbocycles. The maximum absolute atomic E-state index is 13.5. The molecule has 3 heterocycles. The third kappa shape index (κ3) is 4.73. The predicted octanol–water partition coefficient (Wildman–Crippen LogP) is 4.15. The summed E-state index contributed by atoms with van der Waals surface area (Å²) in [5.41, 5.74) is 0.148. The van der Waals surface area contributed by atoms with Gasteiger partial charge in [0.2, 0.25) is 0 Å². The molecule has 160 valence electrons. The third-order valence-electron chi connectivity index (χ3n) is 4.61. The fraction of sp³-hybridized carbons (Fsp3) is 0.190. The number of hydrogen-bond donors (Lipinski definition) is 1. The zero-order valence-electron chi connectivity index (χ0n) is 15.9. The van der Waals surface area contributed by atoms with Crippen molar-refractivity contribution in [3.63, 3.8) is 0 Å². The van der Waals surface area contributed by atoms with Crippen LogP contribution in [-0.2, 0) is 6.18 Å². The third-order valence-corrected chi connectivity index (χ3v) is 4.61. The first kappa shape index (κ1) is 20.6. The van der Waals surface area contributed by atoms with Crippen LogP contribution in [0.15, 0.2) is 61.1 Å². The van der Waals surface area contributed by atoms with Crippen molar-refractivity contribution >= 4 is 17.3 Å². The van der Waals surface area contributed by atoms with E-state index in [1.807, 2.05) is 0 Å². The van der Waals surface area contributed by atoms with E-state index in [0.717, 1.165) is 12.1 Å². The van der Waals surface area contributed by atoms with Gasteiger partial charge >= 0.3 is 6.18 Å². The van der Waals surface area contributed by atoms with Crippen LogP contribution in [0.1, 0.15) is 16.1 Å². The number of nitrogens with zero attached hydrogens (tertiary/aromatic N) is 3. The van der Waals surface area contributed by atoms with E-state index in [2.05, 4.69) is 15.3 Å². The van der Waals surface area contributed by atoms with Gasteiger partial charge in [-0.3, -0.25) is 9.78 Å². The number of carbonyl (C=O) groups is 1. The molecule has 0 saturated carbocycles. The lowest BCUT2D eigenvalue weighted by Gasteiger charge is -2.41. The van der Waals surface area contributed by atoms with E-state index in [4.69, 9.17) is 4.74 Å². The van der Waals surface area contributed by atoms with Gasteiger partial charge in [-0.25, -0.2) is 9.37 Å². The number of rotatable bonds is 5. The van der Waals surface area contributed by atoms with E-state index >= 15 is 0 Å². The second-order valence-corrected chi connectivity index (χ2v) is 6.89. The molecule has 0 unspecified atom stereocenters. The Labute approximate surface area is 174 Å². The van der Waals surface area contributed by atoms with Crippen molar-refractivity contribution in [3.05, 3.63) is 78.1 Å². The second-order valence-electron chi connectivity index (χ2n) is 6.89. The lowest BCUT2D eigenvalue weighted by molar-refractivity contribution is -0.137. The molecule has 10 heteroatoms. The smallest absolute Gasteiger partial charge is 0.416 e. The molecule has 0 atom stereocenters. The van der Waals surface area contributed by atoms with Crippen molar-refractivity contribution in [1.29, 1.82) is 0 Å². The van der Waals surface area contributed by atoms with E-state index in [1.54, 1.807) is 35.4 Å². The molecular weight excluding hydrogens is 416 g/mol. The Balaban J connectivity index is 1.43. The number of hydrogen-bond acceptors (Lipinski definition) is 5. The monoisotopic (exact) mass is 432 g/mol. The molecular formula is C21H16F4N4O2. The lowest BCUT2D eigenvalue weighted by Crippen LogP contribution is -2.54. The fourth-order valence-electron chi connectivity index (χ4n) is 3.15. The molecule has 1 amide bonds. The van der Waals surface area contributed by atoms with Crippen LogP contribution in [0.3, 0.4) is 0 Å². The molecule has 4 rings (SSSR count). The number of benzene rings is 1. The summed E-state index contributed by atoms with van der Waals surface area (Å²) in [6, 6.07) is 8.86. The van der Waals surface area contributed by atoms with Gasteiger partial charge in [-0.05, 0) is 36.4 Å². The highest BCUT2D eigenvalue weighted by atomic mass is 19.4. The Kier molecular flexibility index (Phi) is 5.45. The lowest BCUT2D eigenvalue weighted by atomic mass is 10.1. The van der Waals surface area contributed by atoms with Crippen LogP contribution < -0.4 is 15.0 Å². The average molecular weight is 432 g/mol. The van der Waals surface area contributed by atoms with Crippen LogP contribution in [0.2, 0.25) is 0 Å². The summed E-state index contributed by atoms with van der Waals surface area (Å²) < 4.78 is 57.6. The average Bonchev–Trinajstić information content (AvgIpc) is 2.70. The van der Waals surface area contributed by atoms with Crippen molar-refractivity contribution in [2.45, 2.75) is 12.3 Å². The Morgan fingerprint density at radius 2 is 1.90 bits per heavy atom. The second kappa shape index (κ2) is 8.21. The zero-order chi connectivity index (χ0) is 22.0. The normalized spacial score (nSPS) is 14.1. The molecule has 31 heavy (non-hydrogen) atoms. The van der Waals surface area contributed by atoms with Crippen molar-refractivity contribution in [3.8, 4) is 5.75 Å². The Bertz CT molecular complexity index is 1090. The number of amides is 1. The molecule has 0 spiro atoms. The summed E-state index contributed by atoms with van der Waals surface area (Å²) in [6.07, 6.45) is -0.559. The first-order valence-electron chi connectivity index (χ1n) is 9.25.